The number of hydrogen-bond acceptors (Lipinski definition) is 3. The summed E-state index contributed by atoms with van der Waals surface area (Å²) in [5.41, 5.74) is 0.812. The van der Waals surface area contributed by atoms with E-state index in [4.69, 9.17) is 4.74 Å². The van der Waals surface area contributed by atoms with Crippen molar-refractivity contribution in [3.8, 4) is 5.75 Å². The Morgan fingerprint density at radius 3 is 2.60 bits per heavy atom. The summed E-state index contributed by atoms with van der Waals surface area (Å²) in [5.74, 6) is -0.622. The maximum Gasteiger partial charge on any atom is 0.257 e. The number of hydrogen-bond donors (Lipinski definition) is 2. The van der Waals surface area contributed by atoms with Crippen molar-refractivity contribution in [1.29, 1.82) is 0 Å². The van der Waals surface area contributed by atoms with Crippen molar-refractivity contribution in [2.24, 2.45) is 0 Å². The van der Waals surface area contributed by atoms with E-state index in [9.17, 15) is 9.18 Å². The van der Waals surface area contributed by atoms with Crippen LogP contribution in [0.1, 0.15) is 33.3 Å². The molecular weight excluding hydrogens is 259 g/mol. The van der Waals surface area contributed by atoms with Gasteiger partial charge in [-0.25, -0.2) is 4.39 Å². The van der Waals surface area contributed by atoms with Crippen molar-refractivity contribution in [2.75, 3.05) is 13.2 Å². The van der Waals surface area contributed by atoms with Gasteiger partial charge in [0.15, 0.2) is 18.2 Å². The van der Waals surface area contributed by atoms with Crippen LogP contribution in [-0.4, -0.2) is 24.6 Å². The van der Waals surface area contributed by atoms with Crippen LogP contribution in [0.2, 0.25) is 0 Å². The van der Waals surface area contributed by atoms with Crippen LogP contribution in [0.3, 0.4) is 0 Å². The van der Waals surface area contributed by atoms with Gasteiger partial charge in [0.2, 0.25) is 0 Å². The molecule has 0 aromatic heterocycles. The van der Waals surface area contributed by atoms with Crippen molar-refractivity contribution in [3.63, 3.8) is 0 Å². The third-order valence-electron chi connectivity index (χ3n) is 2.55. The van der Waals surface area contributed by atoms with Gasteiger partial charge in [-0.3, -0.25) is 4.79 Å². The Morgan fingerprint density at radius 2 is 2.05 bits per heavy atom. The smallest absolute Gasteiger partial charge is 0.257 e. The number of carbonyl (C=O) groups excluding carboxylic acids is 1. The van der Waals surface area contributed by atoms with Crippen molar-refractivity contribution < 1.29 is 13.9 Å². The van der Waals surface area contributed by atoms with E-state index in [0.717, 1.165) is 5.56 Å². The molecule has 0 fully saturated rings. The summed E-state index contributed by atoms with van der Waals surface area (Å²) in [6.45, 7) is 8.90. The fourth-order valence-corrected chi connectivity index (χ4v) is 1.53. The van der Waals surface area contributed by atoms with Crippen LogP contribution in [0.15, 0.2) is 18.2 Å². The SMILES string of the molecule is CCNC(=O)COc1ccc(CNC(C)(C)C)cc1F. The Bertz CT molecular complexity index is 456. The molecule has 0 radical (unpaired) electrons. The Morgan fingerprint density at radius 1 is 1.35 bits per heavy atom. The van der Waals surface area contributed by atoms with Gasteiger partial charge in [-0.15, -0.1) is 0 Å². The molecule has 1 amide bonds. The molecule has 0 bridgehead atoms. The minimum absolute atomic E-state index is 0.0239. The minimum atomic E-state index is -0.456. The van der Waals surface area contributed by atoms with Gasteiger partial charge in [0.05, 0.1) is 0 Å². The monoisotopic (exact) mass is 282 g/mol. The van der Waals surface area contributed by atoms with Crippen LogP contribution >= 0.6 is 0 Å². The average molecular weight is 282 g/mol. The second-order valence-corrected chi connectivity index (χ2v) is 5.61. The van der Waals surface area contributed by atoms with Crippen LogP contribution < -0.4 is 15.4 Å². The first-order valence-corrected chi connectivity index (χ1v) is 6.75. The number of halogens is 1. The summed E-state index contributed by atoms with van der Waals surface area (Å²) in [6.07, 6.45) is 0. The molecule has 0 heterocycles. The highest BCUT2D eigenvalue weighted by Crippen LogP contribution is 2.18. The maximum atomic E-state index is 13.8. The topological polar surface area (TPSA) is 50.4 Å². The first-order chi connectivity index (χ1) is 9.31. The molecule has 1 aromatic rings. The second kappa shape index (κ2) is 7.24. The molecule has 112 valence electrons. The van der Waals surface area contributed by atoms with E-state index in [2.05, 4.69) is 10.6 Å². The lowest BCUT2D eigenvalue weighted by molar-refractivity contribution is -0.123. The van der Waals surface area contributed by atoms with Crippen molar-refractivity contribution >= 4 is 5.91 Å². The Labute approximate surface area is 119 Å². The molecule has 0 aliphatic heterocycles. The van der Waals surface area contributed by atoms with E-state index in [1.165, 1.54) is 6.07 Å². The first kappa shape index (κ1) is 16.4. The number of likely N-dealkylation sites (N-methyl/N-ethyl adjacent to an activating group) is 1. The zero-order chi connectivity index (χ0) is 15.2. The van der Waals surface area contributed by atoms with E-state index in [0.29, 0.717) is 13.1 Å². The average Bonchev–Trinajstić information content (AvgIpc) is 2.34. The summed E-state index contributed by atoms with van der Waals surface area (Å²) in [4.78, 5) is 11.2. The van der Waals surface area contributed by atoms with E-state index in [1.807, 2.05) is 27.7 Å². The molecule has 0 aliphatic carbocycles. The Kier molecular flexibility index (Phi) is 5.95. The Hall–Kier alpha value is -1.62. The van der Waals surface area contributed by atoms with E-state index < -0.39 is 5.82 Å². The zero-order valence-corrected chi connectivity index (χ0v) is 12.5. The number of ether oxygens (including phenoxy) is 1. The minimum Gasteiger partial charge on any atom is -0.481 e. The molecule has 2 N–H and O–H groups in total. The predicted octanol–water partition coefficient (Wildman–Crippen LogP) is 2.23. The molecule has 0 saturated carbocycles. The van der Waals surface area contributed by atoms with E-state index >= 15 is 0 Å². The third-order valence-corrected chi connectivity index (χ3v) is 2.55. The molecule has 0 saturated heterocycles. The van der Waals surface area contributed by atoms with Gasteiger partial charge >= 0.3 is 0 Å². The molecule has 0 spiro atoms. The summed E-state index contributed by atoms with van der Waals surface area (Å²) >= 11 is 0. The van der Waals surface area contributed by atoms with Gasteiger partial charge in [-0.1, -0.05) is 6.07 Å². The molecule has 5 heteroatoms. The Balaban J connectivity index is 2.57. The molecule has 20 heavy (non-hydrogen) atoms. The fourth-order valence-electron chi connectivity index (χ4n) is 1.53. The van der Waals surface area contributed by atoms with Crippen molar-refractivity contribution in [1.82, 2.24) is 10.6 Å². The lowest BCUT2D eigenvalue weighted by Crippen LogP contribution is -2.35. The van der Waals surface area contributed by atoms with E-state index in [1.54, 1.807) is 12.1 Å². The van der Waals surface area contributed by atoms with Crippen LogP contribution in [0.25, 0.3) is 0 Å². The zero-order valence-electron chi connectivity index (χ0n) is 12.5. The molecule has 0 aliphatic rings. The highest BCUT2D eigenvalue weighted by atomic mass is 19.1. The summed E-state index contributed by atoms with van der Waals surface area (Å²) in [6, 6.07) is 4.76. The normalized spacial score (nSPS) is 11.2. The predicted molar refractivity (Wildman–Crippen MR) is 77.2 cm³/mol. The van der Waals surface area contributed by atoms with Crippen molar-refractivity contribution in [3.05, 3.63) is 29.6 Å². The quantitative estimate of drug-likeness (QED) is 0.841. The van der Waals surface area contributed by atoms with Gasteiger partial charge < -0.3 is 15.4 Å². The summed E-state index contributed by atoms with van der Waals surface area (Å²) < 4.78 is 19.0. The number of carbonyl (C=O) groups is 1. The molecular formula is C15H23FN2O2. The molecule has 4 nitrogen and oxygen atoms in total. The standard InChI is InChI=1S/C15H23FN2O2/c1-5-17-14(19)10-20-13-7-6-11(8-12(13)16)9-18-15(2,3)4/h6-8,18H,5,9-10H2,1-4H3,(H,17,19). The molecule has 0 unspecified atom stereocenters. The maximum absolute atomic E-state index is 13.8. The number of amides is 1. The van der Waals surface area contributed by atoms with Gasteiger partial charge in [0, 0.05) is 18.6 Å². The molecule has 0 atom stereocenters. The van der Waals surface area contributed by atoms with Gasteiger partial charge in [0.25, 0.3) is 5.91 Å². The largest absolute Gasteiger partial charge is 0.481 e. The molecule has 1 rings (SSSR count). The lowest BCUT2D eigenvalue weighted by Gasteiger charge is -2.20. The second-order valence-electron chi connectivity index (χ2n) is 5.61. The number of nitrogens with one attached hydrogen (secondary N) is 2. The lowest BCUT2D eigenvalue weighted by atomic mass is 10.1. The van der Waals surface area contributed by atoms with E-state index in [-0.39, 0.29) is 23.8 Å². The third kappa shape index (κ3) is 6.02. The summed E-state index contributed by atoms with van der Waals surface area (Å²) in [7, 11) is 0. The number of benzene rings is 1. The number of rotatable bonds is 6. The van der Waals surface area contributed by atoms with Crippen LogP contribution in [-0.2, 0) is 11.3 Å². The van der Waals surface area contributed by atoms with Crippen LogP contribution in [0.5, 0.6) is 5.75 Å². The first-order valence-electron chi connectivity index (χ1n) is 6.75. The van der Waals surface area contributed by atoms with Gasteiger partial charge in [-0.05, 0) is 45.4 Å². The van der Waals surface area contributed by atoms with Gasteiger partial charge in [0.1, 0.15) is 0 Å². The highest BCUT2D eigenvalue weighted by Gasteiger charge is 2.11. The van der Waals surface area contributed by atoms with Gasteiger partial charge in [-0.2, -0.15) is 0 Å². The van der Waals surface area contributed by atoms with Crippen LogP contribution in [0, 0.1) is 5.82 Å². The summed E-state index contributed by atoms with van der Waals surface area (Å²) in [5, 5.41) is 5.87. The molecule has 1 aromatic carbocycles. The highest BCUT2D eigenvalue weighted by molar-refractivity contribution is 5.77. The van der Waals surface area contributed by atoms with Crippen molar-refractivity contribution in [2.45, 2.75) is 39.8 Å². The van der Waals surface area contributed by atoms with Crippen LogP contribution in [0.4, 0.5) is 4.39 Å². The fraction of sp³-hybridized carbons (Fsp3) is 0.533.